The molecule has 0 saturated carbocycles. The molecule has 1 saturated heterocycles. The second-order valence-electron chi connectivity index (χ2n) is 4.80. The Bertz CT molecular complexity index is 354. The van der Waals surface area contributed by atoms with Crippen molar-refractivity contribution >= 4 is 0 Å². The summed E-state index contributed by atoms with van der Waals surface area (Å²) in [5.74, 6) is -0.0840. The van der Waals surface area contributed by atoms with E-state index in [4.69, 9.17) is 0 Å². The normalized spacial score (nSPS) is 26.6. The minimum atomic E-state index is -0.0840. The van der Waals surface area contributed by atoms with Crippen LogP contribution in [0.15, 0.2) is 18.2 Å². The number of rotatable bonds is 1. The molecule has 1 nitrogen and oxygen atoms in total. The van der Waals surface area contributed by atoms with Crippen LogP contribution in [0.4, 0.5) is 4.39 Å². The number of halogens is 1. The van der Waals surface area contributed by atoms with E-state index in [-0.39, 0.29) is 11.2 Å². The number of hydrogen-bond acceptors (Lipinski definition) is 1. The highest BCUT2D eigenvalue weighted by molar-refractivity contribution is 5.30. The highest BCUT2D eigenvalue weighted by atomic mass is 19.1. The van der Waals surface area contributed by atoms with Crippen molar-refractivity contribution in [1.82, 2.24) is 5.32 Å². The van der Waals surface area contributed by atoms with Crippen LogP contribution in [0.3, 0.4) is 0 Å². The first-order chi connectivity index (χ1) is 7.12. The van der Waals surface area contributed by atoms with Gasteiger partial charge in [0.1, 0.15) is 5.82 Å². The van der Waals surface area contributed by atoms with E-state index in [0.29, 0.717) is 0 Å². The lowest BCUT2D eigenvalue weighted by Gasteiger charge is -2.34. The molecule has 1 aliphatic heterocycles. The van der Waals surface area contributed by atoms with E-state index in [9.17, 15) is 4.39 Å². The summed E-state index contributed by atoms with van der Waals surface area (Å²) in [6.07, 6.45) is 2.31. The van der Waals surface area contributed by atoms with Gasteiger partial charge in [-0.3, -0.25) is 0 Å². The first-order valence-electron chi connectivity index (χ1n) is 5.59. The SMILES string of the molecule is Cc1ccc(C2(C)CCCNC2)cc1F. The monoisotopic (exact) mass is 207 g/mol. The van der Waals surface area contributed by atoms with Crippen LogP contribution >= 0.6 is 0 Å². The fraction of sp³-hybridized carbons (Fsp3) is 0.538. The van der Waals surface area contributed by atoms with Crippen molar-refractivity contribution in [3.8, 4) is 0 Å². The van der Waals surface area contributed by atoms with Crippen LogP contribution in [0.1, 0.15) is 30.9 Å². The summed E-state index contributed by atoms with van der Waals surface area (Å²) < 4.78 is 13.5. The van der Waals surface area contributed by atoms with Gasteiger partial charge in [-0.2, -0.15) is 0 Å². The Kier molecular flexibility index (Phi) is 2.79. The standard InChI is InChI=1S/C13H18FN/c1-10-4-5-11(8-12(10)14)13(2)6-3-7-15-9-13/h4-5,8,15H,3,6-7,9H2,1-2H3. The summed E-state index contributed by atoms with van der Waals surface area (Å²) in [6.45, 7) is 6.06. The molecule has 0 bridgehead atoms. The van der Waals surface area contributed by atoms with Gasteiger partial charge >= 0.3 is 0 Å². The van der Waals surface area contributed by atoms with Crippen molar-refractivity contribution in [2.24, 2.45) is 0 Å². The Morgan fingerprint density at radius 3 is 2.80 bits per heavy atom. The zero-order valence-corrected chi connectivity index (χ0v) is 9.44. The summed E-state index contributed by atoms with van der Waals surface area (Å²) >= 11 is 0. The molecule has 1 fully saturated rings. The minimum Gasteiger partial charge on any atom is -0.316 e. The average molecular weight is 207 g/mol. The van der Waals surface area contributed by atoms with Crippen LogP contribution in [0.2, 0.25) is 0 Å². The topological polar surface area (TPSA) is 12.0 Å². The molecule has 1 heterocycles. The van der Waals surface area contributed by atoms with Crippen LogP contribution in [0, 0.1) is 12.7 Å². The van der Waals surface area contributed by atoms with Crippen molar-refractivity contribution in [3.05, 3.63) is 35.1 Å². The smallest absolute Gasteiger partial charge is 0.126 e. The quantitative estimate of drug-likeness (QED) is 0.746. The van der Waals surface area contributed by atoms with Gasteiger partial charge in [-0.1, -0.05) is 19.1 Å². The van der Waals surface area contributed by atoms with Crippen LogP contribution in [-0.2, 0) is 5.41 Å². The lowest BCUT2D eigenvalue weighted by molar-refractivity contribution is 0.338. The molecule has 1 aromatic carbocycles. The molecule has 2 rings (SSSR count). The maximum atomic E-state index is 13.5. The van der Waals surface area contributed by atoms with E-state index in [1.807, 2.05) is 6.07 Å². The molecule has 1 aromatic rings. The summed E-state index contributed by atoms with van der Waals surface area (Å²) in [5, 5.41) is 3.39. The van der Waals surface area contributed by atoms with E-state index in [0.717, 1.165) is 30.6 Å². The third-order valence-corrected chi connectivity index (χ3v) is 3.47. The van der Waals surface area contributed by atoms with E-state index < -0.39 is 0 Å². The van der Waals surface area contributed by atoms with Crippen LogP contribution in [0.25, 0.3) is 0 Å². The zero-order chi connectivity index (χ0) is 10.9. The maximum Gasteiger partial charge on any atom is 0.126 e. The molecule has 0 aliphatic carbocycles. The number of piperidine rings is 1. The Labute approximate surface area is 90.7 Å². The molecule has 2 heteroatoms. The van der Waals surface area contributed by atoms with Gasteiger partial charge in [0.2, 0.25) is 0 Å². The van der Waals surface area contributed by atoms with Gasteiger partial charge in [0, 0.05) is 12.0 Å². The van der Waals surface area contributed by atoms with Crippen molar-refractivity contribution in [1.29, 1.82) is 0 Å². The fourth-order valence-electron chi connectivity index (χ4n) is 2.27. The molecular weight excluding hydrogens is 189 g/mol. The van der Waals surface area contributed by atoms with Crippen LogP contribution in [-0.4, -0.2) is 13.1 Å². The Morgan fingerprint density at radius 1 is 1.40 bits per heavy atom. The third-order valence-electron chi connectivity index (χ3n) is 3.47. The highest BCUT2D eigenvalue weighted by Gasteiger charge is 2.28. The number of nitrogens with one attached hydrogen (secondary N) is 1. The van der Waals surface area contributed by atoms with Gasteiger partial charge in [0.15, 0.2) is 0 Å². The molecule has 0 amide bonds. The Hall–Kier alpha value is -0.890. The van der Waals surface area contributed by atoms with E-state index in [2.05, 4.69) is 18.3 Å². The third kappa shape index (κ3) is 2.05. The molecule has 0 radical (unpaired) electrons. The summed E-state index contributed by atoms with van der Waals surface area (Å²) in [5.41, 5.74) is 1.95. The van der Waals surface area contributed by atoms with Crippen molar-refractivity contribution < 1.29 is 4.39 Å². The highest BCUT2D eigenvalue weighted by Crippen LogP contribution is 2.31. The predicted octanol–water partition coefficient (Wildman–Crippen LogP) is 2.78. The average Bonchev–Trinajstić information content (AvgIpc) is 2.23. The molecule has 1 unspecified atom stereocenters. The molecule has 1 aliphatic rings. The second kappa shape index (κ2) is 3.93. The molecule has 0 aromatic heterocycles. The maximum absolute atomic E-state index is 13.5. The summed E-state index contributed by atoms with van der Waals surface area (Å²) in [6, 6.07) is 5.64. The predicted molar refractivity (Wildman–Crippen MR) is 60.6 cm³/mol. The van der Waals surface area contributed by atoms with Crippen molar-refractivity contribution in [3.63, 3.8) is 0 Å². The van der Waals surface area contributed by atoms with Gasteiger partial charge < -0.3 is 5.32 Å². The van der Waals surface area contributed by atoms with Crippen LogP contribution in [0.5, 0.6) is 0 Å². The molecular formula is C13H18FN. The number of hydrogen-bond donors (Lipinski definition) is 1. The van der Waals surface area contributed by atoms with E-state index in [1.165, 1.54) is 6.42 Å². The van der Waals surface area contributed by atoms with E-state index in [1.54, 1.807) is 13.0 Å². The Morgan fingerprint density at radius 2 is 2.20 bits per heavy atom. The number of aryl methyl sites for hydroxylation is 1. The number of benzene rings is 1. The van der Waals surface area contributed by atoms with Crippen LogP contribution < -0.4 is 5.32 Å². The molecule has 0 spiro atoms. The van der Waals surface area contributed by atoms with Gasteiger partial charge in [-0.15, -0.1) is 0 Å². The Balaban J connectivity index is 2.31. The second-order valence-corrected chi connectivity index (χ2v) is 4.80. The molecule has 1 N–H and O–H groups in total. The summed E-state index contributed by atoms with van der Waals surface area (Å²) in [7, 11) is 0. The van der Waals surface area contributed by atoms with Crippen molar-refractivity contribution in [2.75, 3.05) is 13.1 Å². The van der Waals surface area contributed by atoms with Gasteiger partial charge in [0.25, 0.3) is 0 Å². The fourth-order valence-corrected chi connectivity index (χ4v) is 2.27. The molecule has 1 atom stereocenters. The van der Waals surface area contributed by atoms with Gasteiger partial charge in [-0.25, -0.2) is 4.39 Å². The van der Waals surface area contributed by atoms with E-state index >= 15 is 0 Å². The largest absolute Gasteiger partial charge is 0.316 e. The summed E-state index contributed by atoms with van der Waals surface area (Å²) in [4.78, 5) is 0. The molecule has 82 valence electrons. The van der Waals surface area contributed by atoms with Crippen molar-refractivity contribution in [2.45, 2.75) is 32.1 Å². The first-order valence-corrected chi connectivity index (χ1v) is 5.59. The molecule has 15 heavy (non-hydrogen) atoms. The van der Waals surface area contributed by atoms with Gasteiger partial charge in [-0.05, 0) is 43.5 Å². The first kappa shape index (κ1) is 10.6. The lowest BCUT2D eigenvalue weighted by Crippen LogP contribution is -2.41. The minimum absolute atomic E-state index is 0.0840. The zero-order valence-electron chi connectivity index (χ0n) is 9.44. The van der Waals surface area contributed by atoms with Gasteiger partial charge in [0.05, 0.1) is 0 Å². The lowest BCUT2D eigenvalue weighted by atomic mass is 9.76.